The summed E-state index contributed by atoms with van der Waals surface area (Å²) in [6, 6.07) is 0. The summed E-state index contributed by atoms with van der Waals surface area (Å²) in [6.07, 6.45) is 93.7. The molecular weight excluding hydrogens is 973 g/mol. The Morgan fingerprint density at radius 1 is 0.278 bits per heavy atom. The fourth-order valence-corrected chi connectivity index (χ4v) is 8.84. The van der Waals surface area contributed by atoms with Crippen LogP contribution in [0.5, 0.6) is 0 Å². The Hall–Kier alpha value is -4.45. The Balaban J connectivity index is 4.21. The van der Waals surface area contributed by atoms with Crippen molar-refractivity contribution in [3.05, 3.63) is 134 Å². The summed E-state index contributed by atoms with van der Waals surface area (Å²) in [5.41, 5.74) is 0. The molecule has 0 spiro atoms. The minimum Gasteiger partial charge on any atom is -0.462 e. The number of carbonyl (C=O) groups is 3. The molecule has 0 aliphatic carbocycles. The van der Waals surface area contributed by atoms with Gasteiger partial charge in [0.15, 0.2) is 6.10 Å². The SMILES string of the molecule is CC/C=C\C/C=C\C/C=C\C/C=C\C/C=C\CC(=O)OC(COC(=O)CCCCCCC/C=C\C/C=C\CCC)COC(=O)CCCCCCCCCCCCCCCCCCCCCC/C=C\C/C=C\C/C=C\C/C=C\CC. The lowest BCUT2D eigenvalue weighted by Crippen LogP contribution is -2.30. The molecule has 0 aromatic carbocycles. The number of ether oxygens (including phenoxy) is 3. The molecule has 0 bridgehead atoms. The van der Waals surface area contributed by atoms with E-state index in [1.807, 2.05) is 6.08 Å². The maximum atomic E-state index is 12.8. The summed E-state index contributed by atoms with van der Waals surface area (Å²) in [6.45, 7) is 6.26. The average molecular weight is 1090 g/mol. The molecule has 0 aliphatic rings. The van der Waals surface area contributed by atoms with Crippen LogP contribution >= 0.6 is 0 Å². The van der Waals surface area contributed by atoms with Gasteiger partial charge in [0.25, 0.3) is 0 Å². The lowest BCUT2D eigenvalue weighted by Gasteiger charge is -2.18. The monoisotopic (exact) mass is 1090 g/mol. The second-order valence-corrected chi connectivity index (χ2v) is 21.3. The largest absolute Gasteiger partial charge is 0.462 e. The number of hydrogen-bond donors (Lipinski definition) is 0. The third-order valence-electron chi connectivity index (χ3n) is 13.6. The minimum atomic E-state index is -0.841. The molecule has 0 aromatic heterocycles. The van der Waals surface area contributed by atoms with Crippen LogP contribution in [0.1, 0.15) is 290 Å². The Morgan fingerprint density at radius 3 is 0.835 bits per heavy atom. The van der Waals surface area contributed by atoms with Gasteiger partial charge in [-0.2, -0.15) is 0 Å². The molecule has 6 nitrogen and oxygen atoms in total. The van der Waals surface area contributed by atoms with Crippen molar-refractivity contribution in [3.8, 4) is 0 Å². The number of carbonyl (C=O) groups excluding carboxylic acids is 3. The normalized spacial score (nSPS) is 13.0. The topological polar surface area (TPSA) is 78.9 Å². The Morgan fingerprint density at radius 2 is 0.532 bits per heavy atom. The van der Waals surface area contributed by atoms with Gasteiger partial charge in [0.1, 0.15) is 13.2 Å². The highest BCUT2D eigenvalue weighted by Crippen LogP contribution is 2.16. The third kappa shape index (κ3) is 64.3. The van der Waals surface area contributed by atoms with Crippen LogP contribution in [0.25, 0.3) is 0 Å². The quantitative estimate of drug-likeness (QED) is 0.0261. The molecule has 1 atom stereocenters. The number of hydrogen-bond acceptors (Lipinski definition) is 6. The van der Waals surface area contributed by atoms with Crippen LogP contribution in [0.3, 0.4) is 0 Å². The molecule has 0 fully saturated rings. The fourth-order valence-electron chi connectivity index (χ4n) is 8.84. The first-order valence-electron chi connectivity index (χ1n) is 32.7. The molecule has 0 saturated carbocycles. The molecule has 0 rings (SSSR count). The van der Waals surface area contributed by atoms with Gasteiger partial charge in [-0.05, 0) is 109 Å². The van der Waals surface area contributed by atoms with E-state index in [2.05, 4.69) is 142 Å². The van der Waals surface area contributed by atoms with E-state index in [0.717, 1.165) is 122 Å². The van der Waals surface area contributed by atoms with Gasteiger partial charge in [0, 0.05) is 12.8 Å². The van der Waals surface area contributed by atoms with E-state index in [-0.39, 0.29) is 31.6 Å². The molecule has 0 amide bonds. The van der Waals surface area contributed by atoms with Gasteiger partial charge in [0.05, 0.1) is 6.42 Å². The maximum Gasteiger partial charge on any atom is 0.310 e. The molecule has 6 heteroatoms. The molecule has 79 heavy (non-hydrogen) atoms. The Bertz CT molecular complexity index is 1680. The van der Waals surface area contributed by atoms with Crippen molar-refractivity contribution in [2.45, 2.75) is 297 Å². The summed E-state index contributed by atoms with van der Waals surface area (Å²) >= 11 is 0. The van der Waals surface area contributed by atoms with E-state index in [4.69, 9.17) is 14.2 Å². The summed E-state index contributed by atoms with van der Waals surface area (Å²) < 4.78 is 16.8. The number of rotatable bonds is 58. The molecule has 1 unspecified atom stereocenters. The predicted molar refractivity (Wildman–Crippen MR) is 343 cm³/mol. The first-order valence-corrected chi connectivity index (χ1v) is 32.7. The van der Waals surface area contributed by atoms with Crippen LogP contribution < -0.4 is 0 Å². The van der Waals surface area contributed by atoms with Crippen molar-refractivity contribution in [1.29, 1.82) is 0 Å². The zero-order valence-corrected chi connectivity index (χ0v) is 51.3. The van der Waals surface area contributed by atoms with E-state index in [9.17, 15) is 14.4 Å². The zero-order chi connectivity index (χ0) is 57.1. The van der Waals surface area contributed by atoms with E-state index in [0.29, 0.717) is 19.3 Å². The highest BCUT2D eigenvalue weighted by atomic mass is 16.6. The van der Waals surface area contributed by atoms with Crippen molar-refractivity contribution < 1.29 is 28.6 Å². The maximum absolute atomic E-state index is 12.8. The van der Waals surface area contributed by atoms with E-state index in [1.54, 1.807) is 6.08 Å². The van der Waals surface area contributed by atoms with Crippen LogP contribution in [0.15, 0.2) is 134 Å². The van der Waals surface area contributed by atoms with Gasteiger partial charge < -0.3 is 14.2 Å². The van der Waals surface area contributed by atoms with Gasteiger partial charge in [-0.1, -0.05) is 296 Å². The number of esters is 3. The first kappa shape index (κ1) is 74.5. The van der Waals surface area contributed by atoms with Crippen molar-refractivity contribution >= 4 is 17.9 Å². The van der Waals surface area contributed by atoms with Crippen LogP contribution in [0, 0.1) is 0 Å². The van der Waals surface area contributed by atoms with Crippen molar-refractivity contribution in [2.24, 2.45) is 0 Å². The van der Waals surface area contributed by atoms with Crippen LogP contribution in [0.2, 0.25) is 0 Å². The molecule has 0 aliphatic heterocycles. The summed E-state index contributed by atoms with van der Waals surface area (Å²) in [7, 11) is 0. The zero-order valence-electron chi connectivity index (χ0n) is 51.3. The second kappa shape index (κ2) is 66.1. The molecule has 0 saturated heterocycles. The van der Waals surface area contributed by atoms with Crippen molar-refractivity contribution in [3.63, 3.8) is 0 Å². The van der Waals surface area contributed by atoms with Crippen LogP contribution in [-0.4, -0.2) is 37.2 Å². The molecule has 0 aromatic rings. The standard InChI is InChI=1S/C73H120O6/c1-4-7-10-13-16-19-22-25-27-28-29-30-31-32-33-34-35-36-37-38-39-40-41-42-43-44-46-48-51-54-57-60-63-66-72(75)78-69-70(68-77-71(74)65-62-59-56-53-50-47-24-21-18-15-12-9-6-3)79-73(76)67-64-61-58-55-52-49-45-26-23-20-17-14-11-8-5-2/h7-8,10-12,15-17,19-21,24-27,29-30,45,52,55,61,64,70H,4-6,9,13-14,18,22-23,28,31-44,46-51,53-54,56-60,62-63,65-69H2,1-3H3/b10-7-,11-8-,15-12-,19-16-,20-17-,24-21-,27-25-,30-29-,45-26-,55-52-,64-61-. The molecular formula is C73H120O6. The first-order chi connectivity index (χ1) is 39.0. The Labute approximate surface area is 487 Å². The summed E-state index contributed by atoms with van der Waals surface area (Å²) in [4.78, 5) is 38.2. The molecule has 0 radical (unpaired) electrons. The fraction of sp³-hybridized carbons (Fsp3) is 0.658. The minimum absolute atomic E-state index is 0.0913. The van der Waals surface area contributed by atoms with Gasteiger partial charge >= 0.3 is 17.9 Å². The van der Waals surface area contributed by atoms with Crippen LogP contribution in [-0.2, 0) is 28.6 Å². The number of allylic oxidation sites excluding steroid dienone is 21. The second-order valence-electron chi connectivity index (χ2n) is 21.3. The number of unbranched alkanes of at least 4 members (excludes halogenated alkanes) is 26. The molecule has 0 N–H and O–H groups in total. The lowest BCUT2D eigenvalue weighted by atomic mass is 10.0. The Kier molecular flexibility index (Phi) is 62.3. The predicted octanol–water partition coefficient (Wildman–Crippen LogP) is 22.5. The van der Waals surface area contributed by atoms with Crippen molar-refractivity contribution in [2.75, 3.05) is 13.2 Å². The van der Waals surface area contributed by atoms with E-state index >= 15 is 0 Å². The lowest BCUT2D eigenvalue weighted by molar-refractivity contribution is -0.166. The average Bonchev–Trinajstić information content (AvgIpc) is 3.45. The highest BCUT2D eigenvalue weighted by Gasteiger charge is 2.19. The highest BCUT2D eigenvalue weighted by molar-refractivity contribution is 5.72. The third-order valence-corrected chi connectivity index (χ3v) is 13.6. The van der Waals surface area contributed by atoms with E-state index < -0.39 is 12.1 Å². The summed E-state index contributed by atoms with van der Waals surface area (Å²) in [5, 5.41) is 0. The summed E-state index contributed by atoms with van der Waals surface area (Å²) in [5.74, 6) is -1.06. The van der Waals surface area contributed by atoms with E-state index in [1.165, 1.54) is 122 Å². The van der Waals surface area contributed by atoms with Gasteiger partial charge in [-0.3, -0.25) is 14.4 Å². The van der Waals surface area contributed by atoms with Crippen molar-refractivity contribution in [1.82, 2.24) is 0 Å². The van der Waals surface area contributed by atoms with Gasteiger partial charge in [0.2, 0.25) is 0 Å². The smallest absolute Gasteiger partial charge is 0.310 e. The van der Waals surface area contributed by atoms with Crippen LogP contribution in [0.4, 0.5) is 0 Å². The van der Waals surface area contributed by atoms with Gasteiger partial charge in [-0.25, -0.2) is 0 Å². The van der Waals surface area contributed by atoms with Gasteiger partial charge in [-0.15, -0.1) is 0 Å². The molecule has 448 valence electrons. The molecule has 0 heterocycles.